The van der Waals surface area contributed by atoms with Gasteiger partial charge in [-0.15, -0.1) is 0 Å². The molecule has 39 heavy (non-hydrogen) atoms. The predicted molar refractivity (Wildman–Crippen MR) is 133 cm³/mol. The van der Waals surface area contributed by atoms with Gasteiger partial charge in [0.05, 0.1) is 38.3 Å². The van der Waals surface area contributed by atoms with Crippen LogP contribution in [-0.2, 0) is 21.7 Å². The third kappa shape index (κ3) is 7.02. The Kier molecular flexibility index (Phi) is 9.84. The topological polar surface area (TPSA) is 99.1 Å². The Hall–Kier alpha value is -3.74. The largest absolute Gasteiger partial charge is 0.493 e. The van der Waals surface area contributed by atoms with Gasteiger partial charge in [-0.1, -0.05) is 6.07 Å². The van der Waals surface area contributed by atoms with Crippen LogP contribution in [0.5, 0.6) is 11.5 Å². The number of aliphatic hydroxyl groups is 1. The molecular weight excluding hydrogens is 524 g/mol. The average Bonchev–Trinajstić information content (AvgIpc) is 2.92. The highest BCUT2D eigenvalue weighted by Crippen LogP contribution is 2.39. The molecule has 0 saturated heterocycles. The van der Waals surface area contributed by atoms with E-state index in [-0.39, 0.29) is 30.4 Å². The van der Waals surface area contributed by atoms with E-state index in [2.05, 4.69) is 10.3 Å². The molecule has 0 spiro atoms. The maximum absolute atomic E-state index is 14.3. The minimum Gasteiger partial charge on any atom is -0.493 e. The number of nitrogens with zero attached hydrogens (tertiary/aromatic N) is 1. The molecule has 0 fully saturated rings. The Balaban J connectivity index is 1.95. The first-order chi connectivity index (χ1) is 18.5. The number of hydrogen-bond donors (Lipinski definition) is 2. The van der Waals surface area contributed by atoms with Gasteiger partial charge in [-0.25, -0.2) is 9.37 Å². The van der Waals surface area contributed by atoms with Crippen LogP contribution < -0.4 is 14.8 Å². The second-order valence-corrected chi connectivity index (χ2v) is 8.31. The van der Waals surface area contributed by atoms with Crippen LogP contribution >= 0.6 is 0 Å². The van der Waals surface area contributed by atoms with E-state index in [4.69, 9.17) is 18.9 Å². The van der Waals surface area contributed by atoms with Crippen LogP contribution in [0, 0.1) is 5.82 Å². The van der Waals surface area contributed by atoms with E-state index in [0.717, 1.165) is 18.2 Å². The summed E-state index contributed by atoms with van der Waals surface area (Å²) < 4.78 is 77.0. The second-order valence-electron chi connectivity index (χ2n) is 8.31. The maximum Gasteiger partial charge on any atom is 0.424 e. The van der Waals surface area contributed by atoms with Crippen molar-refractivity contribution in [2.75, 3.05) is 34.2 Å². The number of benzene rings is 2. The molecule has 0 aliphatic carbocycles. The van der Waals surface area contributed by atoms with Crippen LogP contribution in [0.15, 0.2) is 54.6 Å². The van der Waals surface area contributed by atoms with Crippen LogP contribution in [0.1, 0.15) is 28.5 Å². The highest BCUT2D eigenvalue weighted by Gasteiger charge is 2.56. The van der Waals surface area contributed by atoms with Gasteiger partial charge in [0.25, 0.3) is 5.91 Å². The Bertz CT molecular complexity index is 1270. The quantitative estimate of drug-likeness (QED) is 0.193. The molecule has 2 N–H and O–H groups in total. The number of amides is 1. The number of ether oxygens (including phenoxy) is 4. The van der Waals surface area contributed by atoms with Crippen molar-refractivity contribution < 1.29 is 46.4 Å². The molecule has 0 bridgehead atoms. The highest BCUT2D eigenvalue weighted by atomic mass is 19.4. The molecule has 1 aromatic heterocycles. The lowest BCUT2D eigenvalue weighted by Crippen LogP contribution is -2.51. The summed E-state index contributed by atoms with van der Waals surface area (Å²) in [7, 11) is 2.76. The number of aromatic nitrogens is 1. The number of carbonyl (C=O) groups is 1. The summed E-state index contributed by atoms with van der Waals surface area (Å²) >= 11 is 0. The van der Waals surface area contributed by atoms with E-state index in [0.29, 0.717) is 23.5 Å². The van der Waals surface area contributed by atoms with Crippen molar-refractivity contribution in [3.05, 3.63) is 77.2 Å². The average molecular weight is 553 g/mol. The number of halogens is 4. The van der Waals surface area contributed by atoms with Crippen molar-refractivity contribution in [2.45, 2.75) is 25.3 Å². The number of nitrogens with one attached hydrogen (secondary N) is 1. The molecule has 3 rings (SSSR count). The van der Waals surface area contributed by atoms with Gasteiger partial charge in [-0.2, -0.15) is 13.2 Å². The van der Waals surface area contributed by atoms with Crippen LogP contribution in [0.2, 0.25) is 0 Å². The van der Waals surface area contributed by atoms with Gasteiger partial charge >= 0.3 is 6.18 Å². The molecule has 0 aliphatic rings. The Morgan fingerprint density at radius 3 is 2.36 bits per heavy atom. The molecule has 12 heteroatoms. The summed E-state index contributed by atoms with van der Waals surface area (Å²) in [4.78, 5) is 16.8. The molecule has 0 aliphatic heterocycles. The lowest BCUT2D eigenvalue weighted by molar-refractivity contribution is -0.265. The first-order valence-electron chi connectivity index (χ1n) is 11.7. The Morgan fingerprint density at radius 1 is 1.03 bits per heavy atom. The SMILES string of the molecule is CCOc1ccc(C(=O)NCC(O)(c2ccc(COCOC)c(-c3ccc(F)cc3)n2)C(F)(F)F)cc1OC. The highest BCUT2D eigenvalue weighted by molar-refractivity contribution is 5.95. The summed E-state index contributed by atoms with van der Waals surface area (Å²) in [5, 5.41) is 13.0. The molecule has 1 atom stereocenters. The number of methoxy groups -OCH3 is 2. The fourth-order valence-corrected chi connectivity index (χ4v) is 3.66. The van der Waals surface area contributed by atoms with E-state index in [1.807, 2.05) is 0 Å². The molecule has 0 radical (unpaired) electrons. The van der Waals surface area contributed by atoms with Gasteiger partial charge in [-0.3, -0.25) is 4.79 Å². The van der Waals surface area contributed by atoms with Gasteiger partial charge in [0.2, 0.25) is 5.60 Å². The summed E-state index contributed by atoms with van der Waals surface area (Å²) in [6.45, 7) is 0.700. The summed E-state index contributed by atoms with van der Waals surface area (Å²) in [5.74, 6) is -0.863. The smallest absolute Gasteiger partial charge is 0.424 e. The Morgan fingerprint density at radius 2 is 1.74 bits per heavy atom. The monoisotopic (exact) mass is 552 g/mol. The zero-order chi connectivity index (χ0) is 28.6. The van der Waals surface area contributed by atoms with Gasteiger partial charge in [-0.05, 0) is 55.5 Å². The summed E-state index contributed by atoms with van der Waals surface area (Å²) in [5.41, 5.74) is -3.63. The van der Waals surface area contributed by atoms with Crippen molar-refractivity contribution in [3.63, 3.8) is 0 Å². The molecule has 1 heterocycles. The van der Waals surface area contributed by atoms with Gasteiger partial charge in [0.15, 0.2) is 11.5 Å². The van der Waals surface area contributed by atoms with Crippen LogP contribution in [0.3, 0.4) is 0 Å². The first kappa shape index (κ1) is 29.8. The van der Waals surface area contributed by atoms with Crippen LogP contribution in [0.25, 0.3) is 11.3 Å². The first-order valence-corrected chi connectivity index (χ1v) is 11.7. The van der Waals surface area contributed by atoms with Gasteiger partial charge in [0.1, 0.15) is 12.6 Å². The standard InChI is InChI=1S/C27H28F4N2O6/c1-4-39-21-11-7-18(13-22(21)37-3)25(34)32-15-26(35,27(29,30)31)23-12-8-19(14-38-16-36-2)24(33-23)17-5-9-20(28)10-6-17/h5-13,35H,4,14-16H2,1-3H3,(H,32,34). The zero-order valence-corrected chi connectivity index (χ0v) is 21.5. The maximum atomic E-state index is 14.3. The summed E-state index contributed by atoms with van der Waals surface area (Å²) in [6.07, 6.45) is -5.22. The number of rotatable bonds is 12. The number of pyridine rings is 1. The van der Waals surface area contributed by atoms with Crippen molar-refractivity contribution in [1.82, 2.24) is 10.3 Å². The van der Waals surface area contributed by atoms with E-state index in [1.54, 1.807) is 6.92 Å². The molecule has 1 amide bonds. The third-order valence-electron chi connectivity index (χ3n) is 5.68. The van der Waals surface area contributed by atoms with Gasteiger partial charge < -0.3 is 29.4 Å². The van der Waals surface area contributed by atoms with Crippen molar-refractivity contribution in [3.8, 4) is 22.8 Å². The van der Waals surface area contributed by atoms with Crippen molar-refractivity contribution >= 4 is 5.91 Å². The second kappa shape index (κ2) is 12.9. The lowest BCUT2D eigenvalue weighted by atomic mass is 9.95. The molecular formula is C27H28F4N2O6. The van der Waals surface area contributed by atoms with Crippen LogP contribution in [0.4, 0.5) is 17.6 Å². The Labute approximate surface area is 222 Å². The molecule has 3 aromatic rings. The molecule has 2 aromatic carbocycles. The predicted octanol–water partition coefficient (Wildman–Crippen LogP) is 4.60. The zero-order valence-electron chi connectivity index (χ0n) is 21.5. The van der Waals surface area contributed by atoms with E-state index < -0.39 is 35.7 Å². The molecule has 210 valence electrons. The van der Waals surface area contributed by atoms with E-state index >= 15 is 0 Å². The number of hydrogen-bond acceptors (Lipinski definition) is 7. The minimum atomic E-state index is -5.22. The third-order valence-corrected chi connectivity index (χ3v) is 5.68. The number of carbonyl (C=O) groups excluding carboxylic acids is 1. The van der Waals surface area contributed by atoms with E-state index in [9.17, 15) is 27.5 Å². The van der Waals surface area contributed by atoms with Crippen molar-refractivity contribution in [1.29, 1.82) is 0 Å². The van der Waals surface area contributed by atoms with Crippen LogP contribution in [-0.4, -0.2) is 56.3 Å². The van der Waals surface area contributed by atoms with Gasteiger partial charge in [0, 0.05) is 23.8 Å². The normalized spacial score (nSPS) is 13.0. The van der Waals surface area contributed by atoms with E-state index in [1.165, 1.54) is 50.6 Å². The fraction of sp³-hybridized carbons (Fsp3) is 0.333. The number of alkyl halides is 3. The summed E-state index contributed by atoms with van der Waals surface area (Å²) in [6, 6.07) is 11.4. The van der Waals surface area contributed by atoms with Crippen molar-refractivity contribution in [2.24, 2.45) is 0 Å². The minimum absolute atomic E-state index is 0.00886. The fourth-order valence-electron chi connectivity index (χ4n) is 3.66. The lowest BCUT2D eigenvalue weighted by Gasteiger charge is -2.31. The molecule has 1 unspecified atom stereocenters. The molecule has 8 nitrogen and oxygen atoms in total. The molecule has 0 saturated carbocycles.